The van der Waals surface area contributed by atoms with Gasteiger partial charge in [-0.25, -0.2) is 9.66 Å². The molecular formula is C9H12N4. The number of aryl methyl sites for hydroxylation is 2. The van der Waals surface area contributed by atoms with Gasteiger partial charge in [0.1, 0.15) is 0 Å². The SMILES string of the molecule is Cc1cc(C)c2nc(N)n(N)c2c1. The molecule has 0 unspecified atom stereocenters. The van der Waals surface area contributed by atoms with E-state index in [0.29, 0.717) is 5.95 Å². The summed E-state index contributed by atoms with van der Waals surface area (Å²) in [6.45, 7) is 4.03. The predicted octanol–water partition coefficient (Wildman–Crippen LogP) is 0.949. The molecule has 1 heterocycles. The Kier molecular flexibility index (Phi) is 1.45. The van der Waals surface area contributed by atoms with E-state index in [2.05, 4.69) is 11.1 Å². The minimum atomic E-state index is 0.351. The zero-order valence-corrected chi connectivity index (χ0v) is 7.70. The van der Waals surface area contributed by atoms with Crippen molar-refractivity contribution in [2.75, 3.05) is 11.6 Å². The Balaban J connectivity index is 2.94. The highest BCUT2D eigenvalue weighted by Gasteiger charge is 2.07. The van der Waals surface area contributed by atoms with E-state index in [-0.39, 0.29) is 0 Å². The van der Waals surface area contributed by atoms with Crippen LogP contribution in [0.1, 0.15) is 11.1 Å². The highest BCUT2D eigenvalue weighted by Crippen LogP contribution is 2.20. The van der Waals surface area contributed by atoms with E-state index in [1.807, 2.05) is 19.9 Å². The minimum Gasteiger partial charge on any atom is -0.368 e. The van der Waals surface area contributed by atoms with Gasteiger partial charge in [0, 0.05) is 0 Å². The highest BCUT2D eigenvalue weighted by atomic mass is 15.4. The maximum Gasteiger partial charge on any atom is 0.220 e. The van der Waals surface area contributed by atoms with Gasteiger partial charge in [0.25, 0.3) is 0 Å². The first kappa shape index (κ1) is 7.91. The van der Waals surface area contributed by atoms with Gasteiger partial charge in [-0.2, -0.15) is 0 Å². The van der Waals surface area contributed by atoms with E-state index in [4.69, 9.17) is 11.6 Å². The number of benzene rings is 1. The Labute approximate surface area is 76.1 Å². The zero-order valence-electron chi connectivity index (χ0n) is 7.70. The van der Waals surface area contributed by atoms with Crippen LogP contribution in [0.2, 0.25) is 0 Å². The molecule has 4 nitrogen and oxygen atoms in total. The molecule has 0 aliphatic heterocycles. The molecule has 0 atom stereocenters. The smallest absolute Gasteiger partial charge is 0.220 e. The van der Waals surface area contributed by atoms with E-state index in [0.717, 1.165) is 22.2 Å². The molecule has 0 saturated carbocycles. The average Bonchev–Trinajstić information content (AvgIpc) is 2.32. The van der Waals surface area contributed by atoms with Crippen LogP contribution in [0.15, 0.2) is 12.1 Å². The first-order chi connectivity index (χ1) is 6.09. The molecule has 0 bridgehead atoms. The summed E-state index contributed by atoms with van der Waals surface area (Å²) in [6, 6.07) is 4.04. The Morgan fingerprint density at radius 2 is 2.00 bits per heavy atom. The van der Waals surface area contributed by atoms with E-state index in [9.17, 15) is 0 Å². The second-order valence-electron chi connectivity index (χ2n) is 3.29. The van der Waals surface area contributed by atoms with Crippen LogP contribution in [-0.4, -0.2) is 9.66 Å². The van der Waals surface area contributed by atoms with Crippen LogP contribution < -0.4 is 11.6 Å². The van der Waals surface area contributed by atoms with E-state index in [1.54, 1.807) is 0 Å². The van der Waals surface area contributed by atoms with Crippen molar-refractivity contribution < 1.29 is 0 Å². The van der Waals surface area contributed by atoms with Gasteiger partial charge < -0.3 is 11.6 Å². The molecule has 0 saturated heterocycles. The second-order valence-corrected chi connectivity index (χ2v) is 3.29. The lowest BCUT2D eigenvalue weighted by Crippen LogP contribution is -2.11. The molecule has 68 valence electrons. The summed E-state index contributed by atoms with van der Waals surface area (Å²) in [5, 5.41) is 0. The van der Waals surface area contributed by atoms with Crippen molar-refractivity contribution in [3.63, 3.8) is 0 Å². The maximum atomic E-state index is 5.71. The number of rotatable bonds is 0. The van der Waals surface area contributed by atoms with Crippen molar-refractivity contribution in [2.24, 2.45) is 0 Å². The fourth-order valence-electron chi connectivity index (χ4n) is 1.56. The molecule has 0 aliphatic carbocycles. The molecule has 4 heteroatoms. The van der Waals surface area contributed by atoms with Gasteiger partial charge in [0.05, 0.1) is 11.0 Å². The Bertz CT molecular complexity index is 470. The van der Waals surface area contributed by atoms with Crippen LogP contribution in [0.5, 0.6) is 0 Å². The third kappa shape index (κ3) is 1.02. The van der Waals surface area contributed by atoms with Crippen LogP contribution in [-0.2, 0) is 0 Å². The molecular weight excluding hydrogens is 164 g/mol. The second kappa shape index (κ2) is 2.39. The fourth-order valence-corrected chi connectivity index (χ4v) is 1.56. The molecule has 0 fully saturated rings. The molecule has 4 N–H and O–H groups in total. The lowest BCUT2D eigenvalue weighted by atomic mass is 10.1. The van der Waals surface area contributed by atoms with E-state index >= 15 is 0 Å². The Morgan fingerprint density at radius 3 is 2.69 bits per heavy atom. The molecule has 1 aromatic carbocycles. The van der Waals surface area contributed by atoms with Gasteiger partial charge in [-0.1, -0.05) is 6.07 Å². The molecule has 13 heavy (non-hydrogen) atoms. The average molecular weight is 176 g/mol. The van der Waals surface area contributed by atoms with Crippen LogP contribution in [0.4, 0.5) is 5.95 Å². The minimum absolute atomic E-state index is 0.351. The van der Waals surface area contributed by atoms with Gasteiger partial charge in [-0.3, -0.25) is 0 Å². The molecule has 0 spiro atoms. The summed E-state index contributed by atoms with van der Waals surface area (Å²) in [7, 11) is 0. The lowest BCUT2D eigenvalue weighted by molar-refractivity contribution is 1.05. The maximum absolute atomic E-state index is 5.71. The number of hydrogen-bond acceptors (Lipinski definition) is 3. The molecule has 2 aromatic rings. The van der Waals surface area contributed by atoms with Crippen LogP contribution in [0.3, 0.4) is 0 Å². The Morgan fingerprint density at radius 1 is 1.31 bits per heavy atom. The van der Waals surface area contributed by atoms with Gasteiger partial charge in [0.2, 0.25) is 5.95 Å². The quantitative estimate of drug-likeness (QED) is 0.587. The normalized spacial score (nSPS) is 10.9. The summed E-state index contributed by atoms with van der Waals surface area (Å²) in [6.07, 6.45) is 0. The van der Waals surface area contributed by atoms with Crippen molar-refractivity contribution in [1.82, 2.24) is 9.66 Å². The summed E-state index contributed by atoms with van der Waals surface area (Å²) >= 11 is 0. The van der Waals surface area contributed by atoms with Crippen molar-refractivity contribution in [2.45, 2.75) is 13.8 Å². The van der Waals surface area contributed by atoms with Crippen molar-refractivity contribution in [3.8, 4) is 0 Å². The molecule has 1 aromatic heterocycles. The summed E-state index contributed by atoms with van der Waals surface area (Å²) in [4.78, 5) is 4.17. The fraction of sp³-hybridized carbons (Fsp3) is 0.222. The topological polar surface area (TPSA) is 69.9 Å². The number of aromatic nitrogens is 2. The van der Waals surface area contributed by atoms with Gasteiger partial charge in [-0.05, 0) is 31.0 Å². The number of fused-ring (bicyclic) bond motifs is 1. The van der Waals surface area contributed by atoms with Gasteiger partial charge in [0.15, 0.2) is 0 Å². The monoisotopic (exact) mass is 176 g/mol. The van der Waals surface area contributed by atoms with Crippen LogP contribution in [0, 0.1) is 13.8 Å². The number of nitrogens with two attached hydrogens (primary N) is 2. The number of nitrogens with zero attached hydrogens (tertiary/aromatic N) is 2. The Hall–Kier alpha value is -1.71. The van der Waals surface area contributed by atoms with E-state index < -0.39 is 0 Å². The van der Waals surface area contributed by atoms with Crippen LogP contribution in [0.25, 0.3) is 11.0 Å². The zero-order chi connectivity index (χ0) is 9.59. The molecule has 0 aliphatic rings. The number of anilines is 1. The third-order valence-electron chi connectivity index (χ3n) is 2.16. The highest BCUT2D eigenvalue weighted by molar-refractivity contribution is 5.82. The largest absolute Gasteiger partial charge is 0.368 e. The van der Waals surface area contributed by atoms with Gasteiger partial charge in [-0.15, -0.1) is 0 Å². The molecule has 0 amide bonds. The lowest BCUT2D eigenvalue weighted by Gasteiger charge is -1.99. The molecule has 2 rings (SSSR count). The first-order valence-corrected chi connectivity index (χ1v) is 4.10. The van der Waals surface area contributed by atoms with Gasteiger partial charge >= 0.3 is 0 Å². The van der Waals surface area contributed by atoms with Crippen LogP contribution >= 0.6 is 0 Å². The standard InChI is InChI=1S/C9H12N4/c1-5-3-6(2)8-7(4-5)13(11)9(10)12-8/h3-4H,11H2,1-2H3,(H2,10,12). The first-order valence-electron chi connectivity index (χ1n) is 4.10. The summed E-state index contributed by atoms with van der Waals surface area (Å²) in [5.74, 6) is 6.06. The number of nitrogen functional groups attached to an aromatic ring is 2. The van der Waals surface area contributed by atoms with Crippen molar-refractivity contribution in [3.05, 3.63) is 23.3 Å². The van der Waals surface area contributed by atoms with Crippen molar-refractivity contribution >= 4 is 17.0 Å². The molecule has 0 radical (unpaired) electrons. The number of imidazole rings is 1. The van der Waals surface area contributed by atoms with Crippen molar-refractivity contribution in [1.29, 1.82) is 0 Å². The third-order valence-corrected chi connectivity index (χ3v) is 2.16. The predicted molar refractivity (Wildman–Crippen MR) is 53.8 cm³/mol. The summed E-state index contributed by atoms with van der Waals surface area (Å²) in [5.41, 5.74) is 9.63. The summed E-state index contributed by atoms with van der Waals surface area (Å²) < 4.78 is 1.41. The number of hydrogen-bond donors (Lipinski definition) is 2. The van der Waals surface area contributed by atoms with E-state index in [1.165, 1.54) is 4.68 Å².